The third kappa shape index (κ3) is 2.86. The van der Waals surface area contributed by atoms with Gasteiger partial charge in [-0.05, 0) is 38.3 Å². The van der Waals surface area contributed by atoms with Crippen LogP contribution in [0.2, 0.25) is 0 Å². The fourth-order valence-corrected chi connectivity index (χ4v) is 3.84. The Balaban J connectivity index is 1.74. The quantitative estimate of drug-likeness (QED) is 0.847. The third-order valence-electron chi connectivity index (χ3n) is 4.17. The molecule has 2 aromatic rings. The minimum atomic E-state index is 0.132. The molecular weight excluding hydrogens is 280 g/mol. The molecular formula is C17H20N2OS. The first-order valence-electron chi connectivity index (χ1n) is 7.33. The molecule has 3 nitrogen and oxygen atoms in total. The van der Waals surface area contributed by atoms with Gasteiger partial charge in [0.25, 0.3) is 5.91 Å². The summed E-state index contributed by atoms with van der Waals surface area (Å²) in [7, 11) is 0. The van der Waals surface area contributed by atoms with Crippen molar-refractivity contribution in [2.45, 2.75) is 33.1 Å². The van der Waals surface area contributed by atoms with E-state index in [-0.39, 0.29) is 5.91 Å². The molecule has 1 aromatic heterocycles. The number of aromatic nitrogens is 1. The number of hydrogen-bond donors (Lipinski definition) is 0. The number of aryl methyl sites for hydroxylation is 3. The first-order valence-corrected chi connectivity index (χ1v) is 8.15. The van der Waals surface area contributed by atoms with Gasteiger partial charge in [0.15, 0.2) is 0 Å². The van der Waals surface area contributed by atoms with Crippen LogP contribution in [0.25, 0.3) is 0 Å². The molecule has 1 fully saturated rings. The molecule has 1 saturated heterocycles. The summed E-state index contributed by atoms with van der Waals surface area (Å²) in [5.41, 5.74) is 4.02. The van der Waals surface area contributed by atoms with E-state index in [9.17, 15) is 4.79 Å². The van der Waals surface area contributed by atoms with E-state index in [1.807, 2.05) is 11.8 Å². The number of hydrogen-bond acceptors (Lipinski definition) is 3. The molecule has 0 bridgehead atoms. The Labute approximate surface area is 129 Å². The number of carbonyl (C=O) groups is 1. The molecule has 1 atom stereocenters. The summed E-state index contributed by atoms with van der Waals surface area (Å²) in [5, 5.41) is 0.948. The van der Waals surface area contributed by atoms with E-state index in [1.165, 1.54) is 28.0 Å². The van der Waals surface area contributed by atoms with Crippen molar-refractivity contribution in [2.24, 2.45) is 0 Å². The van der Waals surface area contributed by atoms with Gasteiger partial charge in [0.1, 0.15) is 4.88 Å². The number of benzene rings is 1. The van der Waals surface area contributed by atoms with Crippen LogP contribution in [0.15, 0.2) is 24.4 Å². The number of thiazole rings is 1. The van der Waals surface area contributed by atoms with Crippen LogP contribution in [0.4, 0.5) is 0 Å². The molecule has 110 valence electrons. The number of nitrogens with zero attached hydrogens (tertiary/aromatic N) is 2. The highest BCUT2D eigenvalue weighted by atomic mass is 32.1. The highest BCUT2D eigenvalue weighted by molar-refractivity contribution is 7.13. The Hall–Kier alpha value is -1.68. The van der Waals surface area contributed by atoms with Gasteiger partial charge in [-0.1, -0.05) is 23.8 Å². The molecule has 1 unspecified atom stereocenters. The monoisotopic (exact) mass is 300 g/mol. The van der Waals surface area contributed by atoms with E-state index in [2.05, 4.69) is 37.0 Å². The topological polar surface area (TPSA) is 33.2 Å². The molecule has 3 rings (SSSR count). The predicted octanol–water partition coefficient (Wildman–Crippen LogP) is 3.70. The summed E-state index contributed by atoms with van der Waals surface area (Å²) in [6, 6.07) is 6.62. The molecule has 0 spiro atoms. The second kappa shape index (κ2) is 5.60. The fourth-order valence-electron chi connectivity index (χ4n) is 3.10. The van der Waals surface area contributed by atoms with Crippen molar-refractivity contribution in [2.75, 3.05) is 13.1 Å². The van der Waals surface area contributed by atoms with Gasteiger partial charge in [-0.2, -0.15) is 0 Å². The normalized spacial score (nSPS) is 18.2. The Kier molecular flexibility index (Phi) is 3.81. The Bertz CT molecular complexity index is 677. The number of amides is 1. The molecule has 0 N–H and O–H groups in total. The molecule has 0 saturated carbocycles. The van der Waals surface area contributed by atoms with Crippen molar-refractivity contribution < 1.29 is 4.79 Å². The van der Waals surface area contributed by atoms with Crippen LogP contribution in [0.5, 0.6) is 0 Å². The second-order valence-corrected chi connectivity index (χ2v) is 7.08. The lowest BCUT2D eigenvalue weighted by atomic mass is 9.93. The van der Waals surface area contributed by atoms with Gasteiger partial charge in [-0.3, -0.25) is 4.79 Å². The molecule has 2 heterocycles. The highest BCUT2D eigenvalue weighted by Crippen LogP contribution is 2.31. The summed E-state index contributed by atoms with van der Waals surface area (Å²) in [5.74, 6) is 0.594. The van der Waals surface area contributed by atoms with E-state index >= 15 is 0 Å². The first-order chi connectivity index (χ1) is 10.0. The molecule has 1 aliphatic heterocycles. The molecule has 21 heavy (non-hydrogen) atoms. The highest BCUT2D eigenvalue weighted by Gasteiger charge is 2.29. The van der Waals surface area contributed by atoms with Gasteiger partial charge in [-0.25, -0.2) is 4.98 Å². The van der Waals surface area contributed by atoms with Gasteiger partial charge in [0.2, 0.25) is 0 Å². The average molecular weight is 300 g/mol. The summed E-state index contributed by atoms with van der Waals surface area (Å²) in [6.45, 7) is 7.88. The van der Waals surface area contributed by atoms with Crippen molar-refractivity contribution >= 4 is 17.2 Å². The molecule has 1 amide bonds. The minimum absolute atomic E-state index is 0.132. The zero-order valence-electron chi connectivity index (χ0n) is 12.7. The second-order valence-electron chi connectivity index (χ2n) is 5.84. The maximum absolute atomic E-state index is 12.5. The van der Waals surface area contributed by atoms with Gasteiger partial charge in [0.05, 0.1) is 11.2 Å². The molecule has 4 heteroatoms. The predicted molar refractivity (Wildman–Crippen MR) is 86.0 cm³/mol. The van der Waals surface area contributed by atoms with Crippen molar-refractivity contribution in [3.8, 4) is 0 Å². The smallest absolute Gasteiger partial charge is 0.265 e. The first kappa shape index (κ1) is 14.3. The number of carbonyl (C=O) groups excluding carboxylic acids is 1. The van der Waals surface area contributed by atoms with E-state index in [0.29, 0.717) is 5.92 Å². The Morgan fingerprint density at radius 3 is 2.81 bits per heavy atom. The maximum atomic E-state index is 12.5. The summed E-state index contributed by atoms with van der Waals surface area (Å²) in [4.78, 5) is 19.4. The largest absolute Gasteiger partial charge is 0.337 e. The fraction of sp³-hybridized carbons (Fsp3) is 0.412. The molecule has 1 aliphatic rings. The number of likely N-dealkylation sites (tertiary alicyclic amines) is 1. The van der Waals surface area contributed by atoms with E-state index < -0.39 is 0 Å². The summed E-state index contributed by atoms with van der Waals surface area (Å²) in [6.07, 6.45) is 2.75. The zero-order chi connectivity index (χ0) is 15.0. The van der Waals surface area contributed by atoms with Crippen LogP contribution in [-0.2, 0) is 0 Å². The lowest BCUT2D eigenvalue weighted by Gasteiger charge is -2.17. The third-order valence-corrected chi connectivity index (χ3v) is 5.07. The lowest BCUT2D eigenvalue weighted by molar-refractivity contribution is 0.0795. The van der Waals surface area contributed by atoms with Gasteiger partial charge in [-0.15, -0.1) is 11.3 Å². The van der Waals surface area contributed by atoms with Crippen molar-refractivity contribution in [1.82, 2.24) is 9.88 Å². The standard InChI is InChI=1S/C17H20N2OS/c1-11-4-5-15(12(2)8-11)14-6-7-19(10-14)17(20)16-9-18-13(3)21-16/h4-5,8-9,14H,6-7,10H2,1-3H3. The van der Waals surface area contributed by atoms with Crippen LogP contribution in [0.3, 0.4) is 0 Å². The summed E-state index contributed by atoms with van der Waals surface area (Å²) < 4.78 is 0. The summed E-state index contributed by atoms with van der Waals surface area (Å²) >= 11 is 1.48. The van der Waals surface area contributed by atoms with Crippen LogP contribution in [-0.4, -0.2) is 28.9 Å². The molecule has 0 aliphatic carbocycles. The minimum Gasteiger partial charge on any atom is -0.337 e. The van der Waals surface area contributed by atoms with Crippen molar-refractivity contribution in [1.29, 1.82) is 0 Å². The van der Waals surface area contributed by atoms with E-state index in [4.69, 9.17) is 0 Å². The zero-order valence-corrected chi connectivity index (χ0v) is 13.5. The molecule has 1 aromatic carbocycles. The molecule has 0 radical (unpaired) electrons. The van der Waals surface area contributed by atoms with Crippen LogP contribution in [0.1, 0.15) is 43.7 Å². The van der Waals surface area contributed by atoms with Crippen molar-refractivity contribution in [3.05, 3.63) is 51.0 Å². The number of rotatable bonds is 2. The Morgan fingerprint density at radius 2 is 2.14 bits per heavy atom. The van der Waals surface area contributed by atoms with Crippen molar-refractivity contribution in [3.63, 3.8) is 0 Å². The lowest BCUT2D eigenvalue weighted by Crippen LogP contribution is -2.27. The maximum Gasteiger partial charge on any atom is 0.265 e. The van der Waals surface area contributed by atoms with Gasteiger partial charge in [0, 0.05) is 19.0 Å². The Morgan fingerprint density at radius 1 is 1.33 bits per heavy atom. The van der Waals surface area contributed by atoms with Crippen LogP contribution < -0.4 is 0 Å². The SMILES string of the molecule is Cc1ccc(C2CCN(C(=O)c3cnc(C)s3)C2)c(C)c1. The van der Waals surface area contributed by atoms with E-state index in [1.54, 1.807) is 6.20 Å². The van der Waals surface area contributed by atoms with Gasteiger partial charge >= 0.3 is 0 Å². The average Bonchev–Trinajstić information content (AvgIpc) is 3.07. The van der Waals surface area contributed by atoms with Crippen LogP contribution in [0, 0.1) is 20.8 Å². The van der Waals surface area contributed by atoms with E-state index in [0.717, 1.165) is 29.4 Å². The van der Waals surface area contributed by atoms with Gasteiger partial charge < -0.3 is 4.90 Å². The van der Waals surface area contributed by atoms with Crippen LogP contribution >= 0.6 is 11.3 Å².